The number of carbonyl (C=O) groups excluding carboxylic acids is 3. The van der Waals surface area contributed by atoms with Crippen molar-refractivity contribution in [2.75, 3.05) is 17.3 Å². The van der Waals surface area contributed by atoms with Gasteiger partial charge in [0.25, 0.3) is 11.8 Å². The Hall–Kier alpha value is -2.57. The molecule has 0 bridgehead atoms. The van der Waals surface area contributed by atoms with E-state index in [1.54, 1.807) is 42.5 Å². The van der Waals surface area contributed by atoms with Gasteiger partial charge < -0.3 is 10.2 Å². The Labute approximate surface area is 165 Å². The first kappa shape index (κ1) is 17.8. The number of amides is 3. The summed E-state index contributed by atoms with van der Waals surface area (Å²) in [5, 5.41) is 3.50. The summed E-state index contributed by atoms with van der Waals surface area (Å²) in [7, 11) is 1.54. The van der Waals surface area contributed by atoms with Crippen molar-refractivity contribution in [3.05, 3.63) is 58.1 Å². The number of halogens is 2. The number of para-hydroxylation sites is 1. The van der Waals surface area contributed by atoms with Gasteiger partial charge in [-0.2, -0.15) is 0 Å². The number of fused-ring (bicyclic) bond motifs is 3. The number of carbonyl (C=O) groups is 3. The minimum absolute atomic E-state index is 0.162. The predicted octanol–water partition coefficient (Wildman–Crippen LogP) is 3.54. The van der Waals surface area contributed by atoms with Crippen LogP contribution < -0.4 is 10.2 Å². The topological polar surface area (TPSA) is 69.7 Å². The molecule has 0 saturated carbocycles. The molecule has 8 heteroatoms. The normalized spacial score (nSPS) is 21.1. The zero-order chi connectivity index (χ0) is 19.3. The number of anilines is 2. The van der Waals surface area contributed by atoms with Crippen molar-refractivity contribution >= 4 is 52.3 Å². The van der Waals surface area contributed by atoms with Crippen molar-refractivity contribution < 1.29 is 14.4 Å². The molecule has 4 rings (SSSR count). The van der Waals surface area contributed by atoms with Gasteiger partial charge in [0, 0.05) is 35.6 Å². The van der Waals surface area contributed by atoms with Gasteiger partial charge in [-0.15, -0.1) is 0 Å². The average Bonchev–Trinajstić information content (AvgIpc) is 2.97. The van der Waals surface area contributed by atoms with E-state index in [1.807, 2.05) is 0 Å². The van der Waals surface area contributed by atoms with Gasteiger partial charge in [-0.3, -0.25) is 19.3 Å². The smallest absolute Gasteiger partial charge is 0.271 e. The van der Waals surface area contributed by atoms with Gasteiger partial charge in [0.1, 0.15) is 0 Å². The maximum Gasteiger partial charge on any atom is 0.271 e. The molecule has 1 fully saturated rings. The maximum absolute atomic E-state index is 13.3. The van der Waals surface area contributed by atoms with Crippen LogP contribution in [0.25, 0.3) is 0 Å². The second kappa shape index (κ2) is 6.25. The van der Waals surface area contributed by atoms with Gasteiger partial charge in [0.05, 0.1) is 11.3 Å². The van der Waals surface area contributed by atoms with Crippen LogP contribution in [0.2, 0.25) is 10.0 Å². The molecular weight excluding hydrogens is 389 g/mol. The molecule has 1 N–H and O–H groups in total. The monoisotopic (exact) mass is 403 g/mol. The number of rotatable bonds is 2. The van der Waals surface area contributed by atoms with E-state index < -0.39 is 11.6 Å². The number of hydrogen-bond acceptors (Lipinski definition) is 3. The summed E-state index contributed by atoms with van der Waals surface area (Å²) in [5.74, 6) is -1.01. The van der Waals surface area contributed by atoms with E-state index in [-0.39, 0.29) is 24.7 Å². The highest BCUT2D eigenvalue weighted by atomic mass is 35.5. The lowest BCUT2D eigenvalue weighted by molar-refractivity contribution is -0.128. The van der Waals surface area contributed by atoms with E-state index >= 15 is 0 Å². The molecule has 2 aromatic rings. The maximum atomic E-state index is 13.3. The first-order chi connectivity index (χ1) is 12.8. The van der Waals surface area contributed by atoms with E-state index in [9.17, 15) is 14.4 Å². The fourth-order valence-corrected chi connectivity index (χ4v) is 4.31. The van der Waals surface area contributed by atoms with Crippen LogP contribution >= 0.6 is 23.2 Å². The second-order valence-corrected chi connectivity index (χ2v) is 7.41. The van der Waals surface area contributed by atoms with Crippen molar-refractivity contribution in [3.63, 3.8) is 0 Å². The molecule has 1 saturated heterocycles. The Morgan fingerprint density at radius 3 is 2.48 bits per heavy atom. The quantitative estimate of drug-likeness (QED) is 0.833. The molecule has 0 spiro atoms. The fraction of sp³-hybridized carbons (Fsp3) is 0.211. The van der Waals surface area contributed by atoms with Crippen LogP contribution in [0.5, 0.6) is 0 Å². The molecule has 2 heterocycles. The van der Waals surface area contributed by atoms with Crippen LogP contribution in [-0.4, -0.2) is 35.3 Å². The van der Waals surface area contributed by atoms with Crippen molar-refractivity contribution in [1.29, 1.82) is 0 Å². The molecule has 3 amide bonds. The number of nitrogens with one attached hydrogen (secondary N) is 1. The third kappa shape index (κ3) is 2.59. The molecule has 2 aliphatic heterocycles. The van der Waals surface area contributed by atoms with Crippen molar-refractivity contribution in [1.82, 2.24) is 4.90 Å². The number of nitrogens with zero attached hydrogens (tertiary/aromatic N) is 2. The van der Waals surface area contributed by atoms with E-state index in [1.165, 1.54) is 16.8 Å². The largest absolute Gasteiger partial charge is 0.322 e. The van der Waals surface area contributed by atoms with Gasteiger partial charge in [0.15, 0.2) is 0 Å². The number of hydrogen-bond donors (Lipinski definition) is 1. The molecule has 6 nitrogen and oxygen atoms in total. The average molecular weight is 404 g/mol. The Morgan fingerprint density at radius 2 is 1.78 bits per heavy atom. The van der Waals surface area contributed by atoms with Gasteiger partial charge in [-0.1, -0.05) is 35.3 Å². The molecule has 2 aromatic carbocycles. The zero-order valence-corrected chi connectivity index (χ0v) is 15.8. The predicted molar refractivity (Wildman–Crippen MR) is 103 cm³/mol. The van der Waals surface area contributed by atoms with Crippen molar-refractivity contribution in [2.24, 2.45) is 0 Å². The third-order valence-corrected chi connectivity index (χ3v) is 5.46. The van der Waals surface area contributed by atoms with Crippen molar-refractivity contribution in [2.45, 2.75) is 18.5 Å². The van der Waals surface area contributed by atoms with E-state index in [0.717, 1.165) is 0 Å². The minimum Gasteiger partial charge on any atom is -0.322 e. The molecule has 1 atom stereocenters. The Balaban J connectivity index is 1.81. The lowest BCUT2D eigenvalue weighted by Crippen LogP contribution is -2.68. The molecular formula is C19H15Cl2N3O3. The van der Waals surface area contributed by atoms with Crippen LogP contribution in [-0.2, 0) is 9.59 Å². The molecule has 0 radical (unpaired) electrons. The molecule has 0 aromatic heterocycles. The van der Waals surface area contributed by atoms with Gasteiger partial charge >= 0.3 is 0 Å². The standard InChI is InChI=1S/C19H15Cl2N3O3/c1-23-17(26)14-4-2-3-5-15(14)24-16(25)6-7-19(23,24)18(27)22-13-9-11(20)8-12(21)10-13/h2-5,8-10H,6-7H2,1H3,(H,22,27)/t19-/m0/s1. The second-order valence-electron chi connectivity index (χ2n) is 6.54. The fourth-order valence-electron chi connectivity index (χ4n) is 3.79. The van der Waals surface area contributed by atoms with Gasteiger partial charge in [0.2, 0.25) is 11.6 Å². The first-order valence-corrected chi connectivity index (χ1v) is 9.08. The Kier molecular flexibility index (Phi) is 4.13. The van der Waals surface area contributed by atoms with Crippen LogP contribution in [0.4, 0.5) is 11.4 Å². The number of likely N-dealkylation sites (N-methyl/N-ethyl adjacent to an activating group) is 1. The summed E-state index contributed by atoms with van der Waals surface area (Å²) in [6, 6.07) is 11.5. The molecule has 138 valence electrons. The lowest BCUT2D eigenvalue weighted by atomic mass is 9.96. The number of benzene rings is 2. The van der Waals surface area contributed by atoms with Gasteiger partial charge in [-0.25, -0.2) is 0 Å². The third-order valence-electron chi connectivity index (χ3n) is 5.03. The van der Waals surface area contributed by atoms with Crippen LogP contribution in [0, 0.1) is 0 Å². The van der Waals surface area contributed by atoms with E-state index in [4.69, 9.17) is 23.2 Å². The van der Waals surface area contributed by atoms with E-state index in [2.05, 4.69) is 5.32 Å². The summed E-state index contributed by atoms with van der Waals surface area (Å²) >= 11 is 12.0. The molecule has 27 heavy (non-hydrogen) atoms. The first-order valence-electron chi connectivity index (χ1n) is 8.32. The Morgan fingerprint density at radius 1 is 1.11 bits per heavy atom. The molecule has 0 unspecified atom stereocenters. The zero-order valence-electron chi connectivity index (χ0n) is 14.3. The van der Waals surface area contributed by atoms with Crippen LogP contribution in [0.3, 0.4) is 0 Å². The van der Waals surface area contributed by atoms with Crippen LogP contribution in [0.15, 0.2) is 42.5 Å². The lowest BCUT2D eigenvalue weighted by Gasteiger charge is -2.47. The SMILES string of the molecule is CN1C(=O)c2ccccc2N2C(=O)CC[C@]12C(=O)Nc1cc(Cl)cc(Cl)c1. The van der Waals surface area contributed by atoms with Gasteiger partial charge in [-0.05, 0) is 30.3 Å². The molecule has 2 aliphatic rings. The summed E-state index contributed by atoms with van der Waals surface area (Å²) in [6.07, 6.45) is 0.359. The summed E-state index contributed by atoms with van der Waals surface area (Å²) in [6.45, 7) is 0. The highest BCUT2D eigenvalue weighted by molar-refractivity contribution is 6.35. The molecule has 0 aliphatic carbocycles. The van der Waals surface area contributed by atoms with Crippen LogP contribution in [0.1, 0.15) is 23.2 Å². The highest BCUT2D eigenvalue weighted by Crippen LogP contribution is 2.44. The summed E-state index contributed by atoms with van der Waals surface area (Å²) in [4.78, 5) is 41.6. The Bertz CT molecular complexity index is 974. The van der Waals surface area contributed by atoms with E-state index in [0.29, 0.717) is 27.0 Å². The summed E-state index contributed by atoms with van der Waals surface area (Å²) < 4.78 is 0. The minimum atomic E-state index is -1.43. The summed E-state index contributed by atoms with van der Waals surface area (Å²) in [5.41, 5.74) is -0.199. The highest BCUT2D eigenvalue weighted by Gasteiger charge is 2.59. The van der Waals surface area contributed by atoms with Crippen molar-refractivity contribution in [3.8, 4) is 0 Å².